The van der Waals surface area contributed by atoms with Crippen molar-refractivity contribution in [3.63, 3.8) is 0 Å². The average Bonchev–Trinajstić information content (AvgIpc) is 2.44. The van der Waals surface area contributed by atoms with Crippen molar-refractivity contribution in [3.8, 4) is 6.07 Å². The van der Waals surface area contributed by atoms with Crippen molar-refractivity contribution < 1.29 is 4.79 Å². The quantitative estimate of drug-likeness (QED) is 0.915. The lowest BCUT2D eigenvalue weighted by atomic mass is 10.1. The lowest BCUT2D eigenvalue weighted by Crippen LogP contribution is -2.56. The predicted molar refractivity (Wildman–Crippen MR) is 82.9 cm³/mol. The van der Waals surface area contributed by atoms with Crippen LogP contribution >= 0.6 is 0 Å². The van der Waals surface area contributed by atoms with Crippen LogP contribution in [0.2, 0.25) is 0 Å². The maximum atomic E-state index is 12.1. The Labute approximate surface area is 126 Å². The number of nitrogens with one attached hydrogen (secondary N) is 1. The molecule has 1 aromatic rings. The molecule has 0 saturated carbocycles. The van der Waals surface area contributed by atoms with Crippen molar-refractivity contribution in [1.29, 1.82) is 5.26 Å². The van der Waals surface area contributed by atoms with Gasteiger partial charge in [-0.2, -0.15) is 5.26 Å². The van der Waals surface area contributed by atoms with Crippen LogP contribution in [-0.4, -0.2) is 54.5 Å². The fourth-order valence-corrected chi connectivity index (χ4v) is 2.71. The Morgan fingerprint density at radius 2 is 2.05 bits per heavy atom. The molecule has 1 aromatic carbocycles. The van der Waals surface area contributed by atoms with Gasteiger partial charge in [-0.25, -0.2) is 0 Å². The van der Waals surface area contributed by atoms with Gasteiger partial charge in [0.2, 0.25) is 5.91 Å². The Hall–Kier alpha value is -1.90. The van der Waals surface area contributed by atoms with Gasteiger partial charge in [-0.1, -0.05) is 6.07 Å². The molecule has 2 unspecified atom stereocenters. The Morgan fingerprint density at radius 1 is 1.38 bits per heavy atom. The minimum atomic E-state index is -0.0333. The van der Waals surface area contributed by atoms with Gasteiger partial charge in [-0.15, -0.1) is 0 Å². The van der Waals surface area contributed by atoms with Crippen molar-refractivity contribution in [2.75, 3.05) is 32.0 Å². The molecule has 1 aliphatic heterocycles. The highest BCUT2D eigenvalue weighted by atomic mass is 16.2. The molecular formula is C16H22N4O. The third-order valence-electron chi connectivity index (χ3n) is 4.08. The standard InChI is InChI=1S/C16H22N4O/c1-12-9-20(10-13(2)19(12)3)11-16(21)18-15-6-4-5-14(7-15)8-17/h4-7,12-13H,9-11H2,1-3H3,(H,18,21). The number of carbonyl (C=O) groups excluding carboxylic acids is 1. The zero-order valence-corrected chi connectivity index (χ0v) is 12.8. The molecule has 0 radical (unpaired) electrons. The van der Waals surface area contributed by atoms with Gasteiger partial charge in [0.05, 0.1) is 18.2 Å². The summed E-state index contributed by atoms with van der Waals surface area (Å²) >= 11 is 0. The number of anilines is 1. The Kier molecular flexibility index (Phi) is 4.94. The Bertz CT molecular complexity index is 539. The van der Waals surface area contributed by atoms with Gasteiger partial charge in [0.15, 0.2) is 0 Å². The van der Waals surface area contributed by atoms with Crippen molar-refractivity contribution in [2.24, 2.45) is 0 Å². The molecule has 0 aromatic heterocycles. The first-order valence-corrected chi connectivity index (χ1v) is 7.24. The molecule has 2 rings (SSSR count). The second-order valence-electron chi connectivity index (χ2n) is 5.80. The van der Waals surface area contributed by atoms with Crippen molar-refractivity contribution >= 4 is 11.6 Å². The predicted octanol–water partition coefficient (Wildman–Crippen LogP) is 1.52. The van der Waals surface area contributed by atoms with Crippen molar-refractivity contribution in [3.05, 3.63) is 29.8 Å². The summed E-state index contributed by atoms with van der Waals surface area (Å²) in [7, 11) is 2.13. The number of benzene rings is 1. The molecule has 1 fully saturated rings. The highest BCUT2D eigenvalue weighted by molar-refractivity contribution is 5.92. The smallest absolute Gasteiger partial charge is 0.238 e. The van der Waals surface area contributed by atoms with Crippen LogP contribution in [-0.2, 0) is 4.79 Å². The summed E-state index contributed by atoms with van der Waals surface area (Å²) in [5.41, 5.74) is 1.23. The van der Waals surface area contributed by atoms with E-state index in [1.807, 2.05) is 0 Å². The maximum absolute atomic E-state index is 12.1. The van der Waals surface area contributed by atoms with Gasteiger partial charge in [0.25, 0.3) is 0 Å². The van der Waals surface area contributed by atoms with E-state index in [9.17, 15) is 4.79 Å². The van der Waals surface area contributed by atoms with E-state index in [-0.39, 0.29) is 5.91 Å². The topological polar surface area (TPSA) is 59.4 Å². The summed E-state index contributed by atoms with van der Waals surface area (Å²) in [6.07, 6.45) is 0. The minimum Gasteiger partial charge on any atom is -0.325 e. The highest BCUT2D eigenvalue weighted by Crippen LogP contribution is 2.14. The number of rotatable bonds is 3. The molecule has 21 heavy (non-hydrogen) atoms. The largest absolute Gasteiger partial charge is 0.325 e. The molecule has 1 aliphatic rings. The number of hydrogen-bond acceptors (Lipinski definition) is 4. The van der Waals surface area contributed by atoms with Gasteiger partial charge < -0.3 is 5.32 Å². The number of carbonyl (C=O) groups is 1. The number of nitriles is 1. The first kappa shape index (κ1) is 15.5. The van der Waals surface area contributed by atoms with Crippen LogP contribution in [0.1, 0.15) is 19.4 Å². The van der Waals surface area contributed by atoms with Crippen molar-refractivity contribution in [2.45, 2.75) is 25.9 Å². The molecule has 112 valence electrons. The molecule has 5 heteroatoms. The lowest BCUT2D eigenvalue weighted by Gasteiger charge is -2.42. The molecule has 1 saturated heterocycles. The fourth-order valence-electron chi connectivity index (χ4n) is 2.71. The maximum Gasteiger partial charge on any atom is 0.238 e. The third-order valence-corrected chi connectivity index (χ3v) is 4.08. The van der Waals surface area contributed by atoms with E-state index in [2.05, 4.69) is 42.1 Å². The first-order valence-electron chi connectivity index (χ1n) is 7.24. The van der Waals surface area contributed by atoms with E-state index >= 15 is 0 Å². The number of hydrogen-bond donors (Lipinski definition) is 1. The Balaban J connectivity index is 1.91. The third kappa shape index (κ3) is 4.03. The van der Waals surface area contributed by atoms with E-state index in [0.29, 0.717) is 29.9 Å². The van der Waals surface area contributed by atoms with E-state index in [4.69, 9.17) is 5.26 Å². The second kappa shape index (κ2) is 6.70. The second-order valence-corrected chi connectivity index (χ2v) is 5.80. The summed E-state index contributed by atoms with van der Waals surface area (Å²) in [5.74, 6) is -0.0333. The average molecular weight is 286 g/mol. The Morgan fingerprint density at radius 3 is 2.67 bits per heavy atom. The monoisotopic (exact) mass is 286 g/mol. The summed E-state index contributed by atoms with van der Waals surface area (Å²) < 4.78 is 0. The zero-order chi connectivity index (χ0) is 15.4. The first-order chi connectivity index (χ1) is 9.99. The normalized spacial score (nSPS) is 23.5. The molecule has 0 spiro atoms. The number of amides is 1. The molecule has 0 bridgehead atoms. The van der Waals surface area contributed by atoms with E-state index in [0.717, 1.165) is 13.1 Å². The van der Waals surface area contributed by atoms with Gasteiger partial charge in [0, 0.05) is 30.9 Å². The van der Waals surface area contributed by atoms with Gasteiger partial charge in [0.1, 0.15) is 0 Å². The van der Waals surface area contributed by atoms with Gasteiger partial charge in [-0.3, -0.25) is 14.6 Å². The van der Waals surface area contributed by atoms with Crippen LogP contribution in [0.15, 0.2) is 24.3 Å². The number of piperazine rings is 1. The SMILES string of the molecule is CC1CN(CC(=O)Nc2cccc(C#N)c2)CC(C)N1C. The van der Waals surface area contributed by atoms with E-state index in [1.165, 1.54) is 0 Å². The molecule has 1 N–H and O–H groups in total. The molecule has 5 nitrogen and oxygen atoms in total. The molecule has 2 atom stereocenters. The van der Waals surface area contributed by atoms with Gasteiger partial charge in [-0.05, 0) is 39.1 Å². The highest BCUT2D eigenvalue weighted by Gasteiger charge is 2.27. The molecular weight excluding hydrogens is 264 g/mol. The number of likely N-dealkylation sites (N-methyl/N-ethyl adjacent to an activating group) is 1. The lowest BCUT2D eigenvalue weighted by molar-refractivity contribution is -0.118. The van der Waals surface area contributed by atoms with E-state index < -0.39 is 0 Å². The van der Waals surface area contributed by atoms with Crippen LogP contribution in [0.4, 0.5) is 5.69 Å². The summed E-state index contributed by atoms with van der Waals surface area (Å²) in [4.78, 5) is 16.6. The van der Waals surface area contributed by atoms with Gasteiger partial charge >= 0.3 is 0 Å². The van der Waals surface area contributed by atoms with Crippen LogP contribution < -0.4 is 5.32 Å². The van der Waals surface area contributed by atoms with Crippen LogP contribution in [0, 0.1) is 11.3 Å². The number of nitrogens with zero attached hydrogens (tertiary/aromatic N) is 3. The van der Waals surface area contributed by atoms with Crippen LogP contribution in [0.25, 0.3) is 0 Å². The summed E-state index contributed by atoms with van der Waals surface area (Å²) in [6.45, 7) is 6.53. The molecule has 1 amide bonds. The molecule has 0 aliphatic carbocycles. The van der Waals surface area contributed by atoms with Crippen LogP contribution in [0.5, 0.6) is 0 Å². The van der Waals surface area contributed by atoms with Crippen molar-refractivity contribution in [1.82, 2.24) is 9.80 Å². The fraction of sp³-hybridized carbons (Fsp3) is 0.500. The minimum absolute atomic E-state index is 0.0333. The van der Waals surface area contributed by atoms with Crippen LogP contribution in [0.3, 0.4) is 0 Å². The zero-order valence-electron chi connectivity index (χ0n) is 12.8. The summed E-state index contributed by atoms with van der Waals surface area (Å²) in [6, 6.07) is 9.95. The molecule has 1 heterocycles. The van der Waals surface area contributed by atoms with E-state index in [1.54, 1.807) is 24.3 Å². The summed E-state index contributed by atoms with van der Waals surface area (Å²) in [5, 5.41) is 11.7.